The molecular formula is C21H25N5O3. The molecule has 0 radical (unpaired) electrons. The van der Waals surface area contributed by atoms with Crippen molar-refractivity contribution >= 4 is 17.7 Å². The normalized spacial score (nSPS) is 19.9. The lowest BCUT2D eigenvalue weighted by atomic mass is 10.1. The Bertz CT molecular complexity index is 911. The van der Waals surface area contributed by atoms with Crippen molar-refractivity contribution < 1.29 is 14.4 Å². The molecule has 4 rings (SSSR count). The van der Waals surface area contributed by atoms with E-state index >= 15 is 0 Å². The molecule has 8 heteroatoms. The first-order chi connectivity index (χ1) is 14.0. The van der Waals surface area contributed by atoms with Gasteiger partial charge < -0.3 is 14.7 Å². The van der Waals surface area contributed by atoms with Gasteiger partial charge >= 0.3 is 0 Å². The number of nitrogens with zero attached hydrogens (tertiary/aromatic N) is 5. The number of piperazine rings is 1. The second-order valence-electron chi connectivity index (χ2n) is 7.66. The van der Waals surface area contributed by atoms with E-state index in [0.717, 1.165) is 11.1 Å². The van der Waals surface area contributed by atoms with E-state index in [4.69, 9.17) is 0 Å². The molecule has 1 aromatic heterocycles. The zero-order valence-electron chi connectivity index (χ0n) is 16.5. The van der Waals surface area contributed by atoms with Crippen LogP contribution in [0.2, 0.25) is 0 Å². The summed E-state index contributed by atoms with van der Waals surface area (Å²) in [4.78, 5) is 43.4. The second kappa shape index (κ2) is 8.06. The molecule has 0 saturated carbocycles. The van der Waals surface area contributed by atoms with Gasteiger partial charge in [-0.25, -0.2) is 0 Å². The van der Waals surface area contributed by atoms with E-state index in [2.05, 4.69) is 5.10 Å². The van der Waals surface area contributed by atoms with Gasteiger partial charge in [0.15, 0.2) is 0 Å². The largest absolute Gasteiger partial charge is 0.339 e. The molecule has 2 aliphatic rings. The van der Waals surface area contributed by atoms with Crippen molar-refractivity contribution in [2.24, 2.45) is 0 Å². The fraction of sp³-hybridized carbons (Fsp3) is 0.429. The van der Waals surface area contributed by atoms with Gasteiger partial charge in [0.25, 0.3) is 0 Å². The molecule has 0 spiro atoms. The highest BCUT2D eigenvalue weighted by molar-refractivity contribution is 5.95. The minimum atomic E-state index is -0.497. The Kier molecular flexibility index (Phi) is 5.33. The van der Waals surface area contributed by atoms with Gasteiger partial charge in [0.05, 0.1) is 0 Å². The van der Waals surface area contributed by atoms with E-state index in [-0.39, 0.29) is 30.8 Å². The lowest BCUT2D eigenvalue weighted by Gasteiger charge is -2.39. The van der Waals surface area contributed by atoms with E-state index in [1.807, 2.05) is 31.2 Å². The van der Waals surface area contributed by atoms with Gasteiger partial charge in [-0.2, -0.15) is 5.10 Å². The molecule has 2 fully saturated rings. The standard InChI is InChI=1S/C21H25N5O3/c1-16-4-2-5-17(12-16)13-24-14-20(28)26-11-10-23(9-6-18(26)21(24)29)19(27)15-25-8-3-7-22-25/h2-5,7-8,12,18H,6,9-11,13-15H2,1H3. The summed E-state index contributed by atoms with van der Waals surface area (Å²) < 4.78 is 1.58. The molecule has 2 saturated heterocycles. The number of hydrogen-bond donors (Lipinski definition) is 0. The molecule has 2 aliphatic heterocycles. The molecule has 29 heavy (non-hydrogen) atoms. The predicted molar refractivity (Wildman–Crippen MR) is 106 cm³/mol. The first-order valence-electron chi connectivity index (χ1n) is 9.90. The topological polar surface area (TPSA) is 78.8 Å². The predicted octanol–water partition coefficient (Wildman–Crippen LogP) is 0.663. The number of hydrogen-bond acceptors (Lipinski definition) is 4. The summed E-state index contributed by atoms with van der Waals surface area (Å²) in [6.07, 6.45) is 3.84. The number of carbonyl (C=O) groups excluding carboxylic acids is 3. The third kappa shape index (κ3) is 4.16. The highest BCUT2D eigenvalue weighted by Gasteiger charge is 2.41. The minimum absolute atomic E-state index is 0.0347. The number of amides is 3. The highest BCUT2D eigenvalue weighted by Crippen LogP contribution is 2.21. The lowest BCUT2D eigenvalue weighted by molar-refractivity contribution is -0.156. The molecule has 1 unspecified atom stereocenters. The lowest BCUT2D eigenvalue weighted by Crippen LogP contribution is -2.59. The molecule has 152 valence electrons. The van der Waals surface area contributed by atoms with E-state index in [1.54, 1.807) is 37.8 Å². The van der Waals surface area contributed by atoms with Crippen molar-refractivity contribution in [2.45, 2.75) is 32.5 Å². The fourth-order valence-corrected chi connectivity index (χ4v) is 4.07. The van der Waals surface area contributed by atoms with Crippen LogP contribution in [0.1, 0.15) is 17.5 Å². The molecule has 0 aliphatic carbocycles. The van der Waals surface area contributed by atoms with E-state index in [1.165, 1.54) is 0 Å². The second-order valence-corrected chi connectivity index (χ2v) is 7.66. The highest BCUT2D eigenvalue weighted by atomic mass is 16.2. The maximum absolute atomic E-state index is 13.1. The molecule has 1 aromatic carbocycles. The van der Waals surface area contributed by atoms with Gasteiger partial charge in [0.2, 0.25) is 17.7 Å². The van der Waals surface area contributed by atoms with Gasteiger partial charge in [-0.15, -0.1) is 0 Å². The van der Waals surface area contributed by atoms with Gasteiger partial charge in [-0.05, 0) is 25.0 Å². The van der Waals surface area contributed by atoms with Crippen molar-refractivity contribution in [1.82, 2.24) is 24.5 Å². The summed E-state index contributed by atoms with van der Waals surface area (Å²) in [7, 11) is 0. The van der Waals surface area contributed by atoms with E-state index in [0.29, 0.717) is 32.6 Å². The molecule has 2 aromatic rings. The monoisotopic (exact) mass is 395 g/mol. The van der Waals surface area contributed by atoms with E-state index < -0.39 is 6.04 Å². The van der Waals surface area contributed by atoms with Crippen molar-refractivity contribution in [3.63, 3.8) is 0 Å². The van der Waals surface area contributed by atoms with Crippen molar-refractivity contribution in [3.05, 3.63) is 53.9 Å². The molecule has 0 N–H and O–H groups in total. The first kappa shape index (κ1) is 19.2. The number of carbonyl (C=O) groups is 3. The summed E-state index contributed by atoms with van der Waals surface area (Å²) in [5.74, 6) is -0.138. The Morgan fingerprint density at radius 1 is 1.17 bits per heavy atom. The Morgan fingerprint density at radius 3 is 2.79 bits per heavy atom. The van der Waals surface area contributed by atoms with Crippen LogP contribution in [0.15, 0.2) is 42.7 Å². The fourth-order valence-electron chi connectivity index (χ4n) is 4.07. The van der Waals surface area contributed by atoms with Crippen molar-refractivity contribution in [1.29, 1.82) is 0 Å². The summed E-state index contributed by atoms with van der Waals surface area (Å²) in [6.45, 7) is 3.97. The maximum Gasteiger partial charge on any atom is 0.246 e. The minimum Gasteiger partial charge on any atom is -0.339 e. The summed E-state index contributed by atoms with van der Waals surface area (Å²) in [6, 6.07) is 9.25. The van der Waals surface area contributed by atoms with Gasteiger partial charge in [0.1, 0.15) is 19.1 Å². The van der Waals surface area contributed by atoms with E-state index in [9.17, 15) is 14.4 Å². The first-order valence-corrected chi connectivity index (χ1v) is 9.90. The Labute approximate surface area is 169 Å². The third-order valence-electron chi connectivity index (χ3n) is 5.57. The Morgan fingerprint density at radius 2 is 2.03 bits per heavy atom. The quantitative estimate of drug-likeness (QED) is 0.762. The smallest absolute Gasteiger partial charge is 0.246 e. The average molecular weight is 395 g/mol. The number of fused-ring (bicyclic) bond motifs is 1. The van der Waals surface area contributed by atoms with Crippen LogP contribution in [0.5, 0.6) is 0 Å². The van der Waals surface area contributed by atoms with Crippen LogP contribution >= 0.6 is 0 Å². The number of aryl methyl sites for hydroxylation is 1. The third-order valence-corrected chi connectivity index (χ3v) is 5.57. The summed E-state index contributed by atoms with van der Waals surface area (Å²) in [5, 5.41) is 4.07. The molecule has 3 heterocycles. The van der Waals surface area contributed by atoms with Gasteiger partial charge in [0, 0.05) is 38.6 Å². The Balaban J connectivity index is 1.43. The maximum atomic E-state index is 13.1. The zero-order chi connectivity index (χ0) is 20.4. The SMILES string of the molecule is Cc1cccc(CN2CC(=O)N3CCN(C(=O)Cn4cccn4)CCC3C2=O)c1. The van der Waals surface area contributed by atoms with Crippen LogP contribution in [-0.4, -0.2) is 74.4 Å². The van der Waals surface area contributed by atoms with Gasteiger partial charge in [-0.1, -0.05) is 29.8 Å². The van der Waals surface area contributed by atoms with Crippen LogP contribution in [0.3, 0.4) is 0 Å². The number of benzene rings is 1. The summed E-state index contributed by atoms with van der Waals surface area (Å²) in [5.41, 5.74) is 2.14. The summed E-state index contributed by atoms with van der Waals surface area (Å²) >= 11 is 0. The molecule has 1 atom stereocenters. The number of aromatic nitrogens is 2. The average Bonchev–Trinajstić information content (AvgIpc) is 3.08. The number of rotatable bonds is 4. The zero-order valence-corrected chi connectivity index (χ0v) is 16.5. The Hall–Kier alpha value is -3.16. The molecule has 3 amide bonds. The van der Waals surface area contributed by atoms with Crippen LogP contribution in [-0.2, 0) is 27.5 Å². The van der Waals surface area contributed by atoms with Crippen LogP contribution in [0.4, 0.5) is 0 Å². The van der Waals surface area contributed by atoms with Crippen molar-refractivity contribution in [3.8, 4) is 0 Å². The van der Waals surface area contributed by atoms with Crippen LogP contribution < -0.4 is 0 Å². The molecule has 8 nitrogen and oxygen atoms in total. The van der Waals surface area contributed by atoms with Crippen LogP contribution in [0.25, 0.3) is 0 Å². The van der Waals surface area contributed by atoms with Crippen molar-refractivity contribution in [2.75, 3.05) is 26.2 Å². The molecular weight excluding hydrogens is 370 g/mol. The van der Waals surface area contributed by atoms with Crippen LogP contribution in [0, 0.1) is 6.92 Å². The molecule has 0 bridgehead atoms. The van der Waals surface area contributed by atoms with Gasteiger partial charge in [-0.3, -0.25) is 19.1 Å².